The lowest BCUT2D eigenvalue weighted by Gasteiger charge is -2.27. The number of halogens is 1. The Balaban J connectivity index is 1.88. The minimum absolute atomic E-state index is 0.0272. The molecule has 4 heteroatoms. The zero-order chi connectivity index (χ0) is 17.1. The number of hydrogen-bond acceptors (Lipinski definition) is 2. The summed E-state index contributed by atoms with van der Waals surface area (Å²) < 4.78 is 13.6. The van der Waals surface area contributed by atoms with Crippen molar-refractivity contribution in [1.29, 1.82) is 0 Å². The van der Waals surface area contributed by atoms with E-state index >= 15 is 0 Å². The van der Waals surface area contributed by atoms with E-state index in [0.29, 0.717) is 6.42 Å². The standard InChI is InChI=1S/C20H18FNO2/c1-22-19(24)13-16(14-7-3-2-4-8-14)20(22)18(23)12-11-15-9-5-6-10-17(15)21/h2-10,16,18,20,23H,13H2,1H3. The summed E-state index contributed by atoms with van der Waals surface area (Å²) in [4.78, 5) is 13.6. The van der Waals surface area contributed by atoms with E-state index in [4.69, 9.17) is 0 Å². The average Bonchev–Trinajstić information content (AvgIpc) is 2.90. The molecule has 1 saturated heterocycles. The summed E-state index contributed by atoms with van der Waals surface area (Å²) in [5.74, 6) is 4.81. The molecule has 1 aliphatic heterocycles. The number of nitrogens with zero attached hydrogens (tertiary/aromatic N) is 1. The summed E-state index contributed by atoms with van der Waals surface area (Å²) >= 11 is 0. The van der Waals surface area contributed by atoms with E-state index in [1.165, 1.54) is 6.07 Å². The summed E-state index contributed by atoms with van der Waals surface area (Å²) in [6.45, 7) is 0. The van der Waals surface area contributed by atoms with Crippen molar-refractivity contribution in [1.82, 2.24) is 4.90 Å². The minimum Gasteiger partial charge on any atom is -0.378 e. The van der Waals surface area contributed by atoms with Gasteiger partial charge in [-0.1, -0.05) is 54.3 Å². The molecule has 3 unspecified atom stereocenters. The van der Waals surface area contributed by atoms with Crippen molar-refractivity contribution in [2.75, 3.05) is 7.05 Å². The maximum absolute atomic E-state index is 13.6. The molecular weight excluding hydrogens is 305 g/mol. The summed E-state index contributed by atoms with van der Waals surface area (Å²) in [5, 5.41) is 10.5. The Hall–Kier alpha value is -2.64. The fourth-order valence-electron chi connectivity index (χ4n) is 3.14. The quantitative estimate of drug-likeness (QED) is 0.863. The smallest absolute Gasteiger partial charge is 0.223 e. The monoisotopic (exact) mass is 323 g/mol. The maximum Gasteiger partial charge on any atom is 0.223 e. The van der Waals surface area contributed by atoms with Crippen molar-refractivity contribution >= 4 is 5.91 Å². The molecule has 3 nitrogen and oxygen atoms in total. The number of carbonyl (C=O) groups excluding carboxylic acids is 1. The van der Waals surface area contributed by atoms with Crippen LogP contribution in [0.25, 0.3) is 0 Å². The van der Waals surface area contributed by atoms with Crippen LogP contribution in [0.3, 0.4) is 0 Å². The van der Waals surface area contributed by atoms with Crippen LogP contribution >= 0.6 is 0 Å². The Morgan fingerprint density at radius 2 is 1.83 bits per heavy atom. The Morgan fingerprint density at radius 1 is 1.17 bits per heavy atom. The van der Waals surface area contributed by atoms with Crippen molar-refractivity contribution in [2.45, 2.75) is 24.5 Å². The molecule has 0 aromatic heterocycles. The van der Waals surface area contributed by atoms with Gasteiger partial charge in [-0.15, -0.1) is 0 Å². The Labute approximate surface area is 140 Å². The van der Waals surface area contributed by atoms with E-state index in [0.717, 1.165) is 5.56 Å². The maximum atomic E-state index is 13.6. The van der Waals surface area contributed by atoms with Gasteiger partial charge in [0, 0.05) is 19.4 Å². The van der Waals surface area contributed by atoms with Gasteiger partial charge in [-0.3, -0.25) is 4.79 Å². The molecule has 1 N–H and O–H groups in total. The fraction of sp³-hybridized carbons (Fsp3) is 0.250. The molecular formula is C20H18FNO2. The average molecular weight is 323 g/mol. The number of benzene rings is 2. The van der Waals surface area contributed by atoms with Crippen LogP contribution in [0.15, 0.2) is 54.6 Å². The van der Waals surface area contributed by atoms with E-state index in [1.54, 1.807) is 30.1 Å². The molecule has 3 rings (SSSR count). The third-order valence-electron chi connectivity index (χ3n) is 4.43. The molecule has 2 aromatic rings. The molecule has 122 valence electrons. The van der Waals surface area contributed by atoms with Crippen LogP contribution in [0.2, 0.25) is 0 Å². The lowest BCUT2D eigenvalue weighted by Crippen LogP contribution is -2.40. The summed E-state index contributed by atoms with van der Waals surface area (Å²) in [7, 11) is 1.67. The molecule has 1 aliphatic rings. The van der Waals surface area contributed by atoms with Gasteiger partial charge in [0.1, 0.15) is 11.9 Å². The van der Waals surface area contributed by atoms with Crippen LogP contribution in [-0.2, 0) is 4.79 Å². The second-order valence-corrected chi connectivity index (χ2v) is 5.91. The molecule has 0 aliphatic carbocycles. The van der Waals surface area contributed by atoms with Gasteiger partial charge < -0.3 is 10.0 Å². The predicted octanol–water partition coefficient (Wildman–Crippen LogP) is 2.55. The number of aliphatic hydroxyl groups excluding tert-OH is 1. The lowest BCUT2D eigenvalue weighted by atomic mass is 9.88. The Morgan fingerprint density at radius 3 is 2.54 bits per heavy atom. The largest absolute Gasteiger partial charge is 0.378 e. The molecule has 24 heavy (non-hydrogen) atoms. The van der Waals surface area contributed by atoms with Crippen LogP contribution in [0.1, 0.15) is 23.5 Å². The number of hydrogen-bond donors (Lipinski definition) is 1. The predicted molar refractivity (Wildman–Crippen MR) is 89.6 cm³/mol. The van der Waals surface area contributed by atoms with Gasteiger partial charge in [-0.05, 0) is 17.7 Å². The van der Waals surface area contributed by atoms with Crippen molar-refractivity contribution < 1.29 is 14.3 Å². The van der Waals surface area contributed by atoms with Gasteiger partial charge in [0.05, 0.1) is 11.6 Å². The number of carbonyl (C=O) groups is 1. The summed E-state index contributed by atoms with van der Waals surface area (Å²) in [6.07, 6.45) is -0.713. The minimum atomic E-state index is -1.05. The van der Waals surface area contributed by atoms with E-state index < -0.39 is 18.0 Å². The van der Waals surface area contributed by atoms with Crippen molar-refractivity contribution in [3.05, 3.63) is 71.5 Å². The first-order chi connectivity index (χ1) is 11.6. The SMILES string of the molecule is CN1C(=O)CC(c2ccccc2)C1C(O)C#Cc1ccccc1F. The Bertz CT molecular complexity index is 794. The highest BCUT2D eigenvalue weighted by Crippen LogP contribution is 2.35. The van der Waals surface area contributed by atoms with Gasteiger partial charge in [0.15, 0.2) is 0 Å². The van der Waals surface area contributed by atoms with E-state index in [9.17, 15) is 14.3 Å². The van der Waals surface area contributed by atoms with Crippen molar-refractivity contribution in [3.8, 4) is 11.8 Å². The van der Waals surface area contributed by atoms with E-state index in [-0.39, 0.29) is 17.4 Å². The first-order valence-electron chi connectivity index (χ1n) is 7.82. The summed E-state index contributed by atoms with van der Waals surface area (Å²) in [5.41, 5.74) is 1.23. The highest BCUT2D eigenvalue weighted by atomic mass is 19.1. The number of aliphatic hydroxyl groups is 1. The molecule has 0 spiro atoms. The Kier molecular flexibility index (Phi) is 4.64. The molecule has 3 atom stereocenters. The highest BCUT2D eigenvalue weighted by Gasteiger charge is 2.41. The molecule has 1 heterocycles. The van der Waals surface area contributed by atoms with Gasteiger partial charge in [0.25, 0.3) is 0 Å². The molecule has 1 fully saturated rings. The topological polar surface area (TPSA) is 40.5 Å². The van der Waals surface area contributed by atoms with Gasteiger partial charge in [-0.2, -0.15) is 0 Å². The third-order valence-corrected chi connectivity index (χ3v) is 4.43. The highest BCUT2D eigenvalue weighted by molar-refractivity contribution is 5.80. The molecule has 1 amide bonds. The van der Waals surface area contributed by atoms with Crippen molar-refractivity contribution in [3.63, 3.8) is 0 Å². The van der Waals surface area contributed by atoms with Gasteiger partial charge in [0.2, 0.25) is 5.91 Å². The normalized spacial score (nSPS) is 21.3. The van der Waals surface area contributed by atoms with Gasteiger partial charge >= 0.3 is 0 Å². The number of likely N-dealkylation sites (tertiary alicyclic amines) is 1. The zero-order valence-electron chi connectivity index (χ0n) is 13.3. The molecule has 0 radical (unpaired) electrons. The van der Waals surface area contributed by atoms with Crippen molar-refractivity contribution in [2.24, 2.45) is 0 Å². The van der Waals surface area contributed by atoms with Crippen LogP contribution < -0.4 is 0 Å². The second-order valence-electron chi connectivity index (χ2n) is 5.91. The van der Waals surface area contributed by atoms with Crippen LogP contribution in [-0.4, -0.2) is 35.1 Å². The number of likely N-dealkylation sites (N-methyl/N-ethyl adjacent to an activating group) is 1. The van der Waals surface area contributed by atoms with Crippen LogP contribution in [0.4, 0.5) is 4.39 Å². The van der Waals surface area contributed by atoms with Crippen LogP contribution in [0, 0.1) is 17.7 Å². The lowest BCUT2D eigenvalue weighted by molar-refractivity contribution is -0.128. The summed E-state index contributed by atoms with van der Waals surface area (Å²) in [6, 6.07) is 15.3. The fourth-order valence-corrected chi connectivity index (χ4v) is 3.14. The zero-order valence-corrected chi connectivity index (χ0v) is 13.3. The number of rotatable bonds is 2. The van der Waals surface area contributed by atoms with Gasteiger partial charge in [-0.25, -0.2) is 4.39 Å². The molecule has 0 saturated carbocycles. The van der Waals surface area contributed by atoms with E-state index in [2.05, 4.69) is 11.8 Å². The third kappa shape index (κ3) is 3.17. The van der Waals surface area contributed by atoms with Crippen LogP contribution in [0.5, 0.6) is 0 Å². The molecule has 0 bridgehead atoms. The number of amides is 1. The second kappa shape index (κ2) is 6.86. The first kappa shape index (κ1) is 16.2. The molecule has 2 aromatic carbocycles. The first-order valence-corrected chi connectivity index (χ1v) is 7.82. The van der Waals surface area contributed by atoms with E-state index in [1.807, 2.05) is 30.3 Å².